The second-order valence-electron chi connectivity index (χ2n) is 7.72. The molecule has 0 bridgehead atoms. The van der Waals surface area contributed by atoms with Gasteiger partial charge in [-0.25, -0.2) is 8.42 Å². The molecular formula is C20H27N3O4S. The number of carbonyl (C=O) groups excluding carboxylic acids is 1. The number of hydrogen-bond acceptors (Lipinski definition) is 6. The highest BCUT2D eigenvalue weighted by Crippen LogP contribution is 2.22. The first kappa shape index (κ1) is 20.8. The van der Waals surface area contributed by atoms with Gasteiger partial charge in [-0.1, -0.05) is 12.1 Å². The van der Waals surface area contributed by atoms with Gasteiger partial charge in [0.2, 0.25) is 5.91 Å². The minimum atomic E-state index is -3.07. The van der Waals surface area contributed by atoms with Crippen molar-refractivity contribution in [3.8, 4) is 6.07 Å². The standard InChI is InChI=1S/C20H27N3O4S/c1-22(12-17-6-4-16(11-21)5-7-17)14-20(24)23(13-19-3-2-9-27-19)18-8-10-28(25,26)15-18/h4-7,18-19H,2-3,8-10,12-15H2,1H3. The van der Waals surface area contributed by atoms with Gasteiger partial charge < -0.3 is 9.64 Å². The second kappa shape index (κ2) is 9.03. The molecule has 1 aromatic rings. The average Bonchev–Trinajstić information content (AvgIpc) is 3.29. The summed E-state index contributed by atoms with van der Waals surface area (Å²) in [5, 5.41) is 8.88. The Bertz CT molecular complexity index is 826. The maximum absolute atomic E-state index is 13.0. The summed E-state index contributed by atoms with van der Waals surface area (Å²) >= 11 is 0. The molecule has 2 saturated heterocycles. The highest BCUT2D eigenvalue weighted by molar-refractivity contribution is 7.91. The molecule has 0 aromatic heterocycles. The Labute approximate surface area is 166 Å². The lowest BCUT2D eigenvalue weighted by atomic mass is 10.1. The summed E-state index contributed by atoms with van der Waals surface area (Å²) in [7, 11) is -1.20. The van der Waals surface area contributed by atoms with Gasteiger partial charge in [-0.3, -0.25) is 9.69 Å². The molecule has 2 fully saturated rings. The number of nitrogens with zero attached hydrogens (tertiary/aromatic N) is 3. The quantitative estimate of drug-likeness (QED) is 0.677. The van der Waals surface area contributed by atoms with Crippen LogP contribution in [0, 0.1) is 11.3 Å². The van der Waals surface area contributed by atoms with Crippen LogP contribution in [0.25, 0.3) is 0 Å². The molecule has 2 atom stereocenters. The Hall–Kier alpha value is -1.95. The zero-order valence-electron chi connectivity index (χ0n) is 16.2. The largest absolute Gasteiger partial charge is 0.376 e. The summed E-state index contributed by atoms with van der Waals surface area (Å²) in [6, 6.07) is 9.12. The van der Waals surface area contributed by atoms with Gasteiger partial charge in [-0.05, 0) is 44.0 Å². The van der Waals surface area contributed by atoms with E-state index < -0.39 is 9.84 Å². The molecule has 28 heavy (non-hydrogen) atoms. The van der Waals surface area contributed by atoms with Crippen molar-refractivity contribution < 1.29 is 17.9 Å². The number of nitriles is 1. The van der Waals surface area contributed by atoms with Crippen molar-refractivity contribution in [3.63, 3.8) is 0 Å². The van der Waals surface area contributed by atoms with Crippen LogP contribution in [0.3, 0.4) is 0 Å². The van der Waals surface area contributed by atoms with Crippen molar-refractivity contribution in [2.45, 2.75) is 38.0 Å². The first-order chi connectivity index (χ1) is 13.4. The molecule has 0 radical (unpaired) electrons. The third-order valence-electron chi connectivity index (χ3n) is 5.33. The van der Waals surface area contributed by atoms with Crippen LogP contribution in [0.5, 0.6) is 0 Å². The highest BCUT2D eigenvalue weighted by Gasteiger charge is 2.36. The zero-order chi connectivity index (χ0) is 20.1. The molecule has 1 aromatic carbocycles. The zero-order valence-corrected chi connectivity index (χ0v) is 17.0. The maximum atomic E-state index is 13.0. The Balaban J connectivity index is 1.63. The van der Waals surface area contributed by atoms with E-state index in [2.05, 4.69) is 6.07 Å². The molecule has 152 valence electrons. The number of benzene rings is 1. The van der Waals surface area contributed by atoms with Crippen LogP contribution < -0.4 is 0 Å². The molecule has 8 heteroatoms. The lowest BCUT2D eigenvalue weighted by molar-refractivity contribution is -0.135. The first-order valence-electron chi connectivity index (χ1n) is 9.65. The van der Waals surface area contributed by atoms with Gasteiger partial charge in [0.25, 0.3) is 0 Å². The SMILES string of the molecule is CN(CC(=O)N(CC1CCCO1)C1CCS(=O)(=O)C1)Cc1ccc(C#N)cc1. The third kappa shape index (κ3) is 5.53. The smallest absolute Gasteiger partial charge is 0.237 e. The summed E-state index contributed by atoms with van der Waals surface area (Å²) in [6.45, 7) is 1.95. The number of rotatable bonds is 7. The van der Waals surface area contributed by atoms with Gasteiger partial charge in [0.1, 0.15) is 0 Å². The van der Waals surface area contributed by atoms with Crippen LogP contribution in [0.2, 0.25) is 0 Å². The predicted octanol–water partition coefficient (Wildman–Crippen LogP) is 1.18. The molecule has 0 N–H and O–H groups in total. The maximum Gasteiger partial charge on any atom is 0.237 e. The summed E-state index contributed by atoms with van der Waals surface area (Å²) in [5.41, 5.74) is 1.62. The van der Waals surface area contributed by atoms with E-state index in [4.69, 9.17) is 10.00 Å². The number of sulfone groups is 1. The summed E-state index contributed by atoms with van der Waals surface area (Å²) < 4.78 is 29.5. The van der Waals surface area contributed by atoms with E-state index in [9.17, 15) is 13.2 Å². The van der Waals surface area contributed by atoms with Crippen LogP contribution in [0.1, 0.15) is 30.4 Å². The molecular weight excluding hydrogens is 378 g/mol. The van der Waals surface area contributed by atoms with Gasteiger partial charge >= 0.3 is 0 Å². The van der Waals surface area contributed by atoms with E-state index in [1.165, 1.54) is 0 Å². The summed E-state index contributed by atoms with van der Waals surface area (Å²) in [4.78, 5) is 16.7. The number of likely N-dealkylation sites (N-methyl/N-ethyl adjacent to an activating group) is 1. The Morgan fingerprint density at radius 3 is 2.61 bits per heavy atom. The van der Waals surface area contributed by atoms with Crippen LogP contribution >= 0.6 is 0 Å². The van der Waals surface area contributed by atoms with Crippen LogP contribution in [0.4, 0.5) is 0 Å². The van der Waals surface area contributed by atoms with E-state index in [1.54, 1.807) is 17.0 Å². The Morgan fingerprint density at radius 2 is 2.04 bits per heavy atom. The molecule has 3 rings (SSSR count). The molecule has 2 aliphatic rings. The topological polar surface area (TPSA) is 90.7 Å². The molecule has 2 aliphatic heterocycles. The first-order valence-corrected chi connectivity index (χ1v) is 11.5. The van der Waals surface area contributed by atoms with Gasteiger partial charge in [0, 0.05) is 25.7 Å². The van der Waals surface area contributed by atoms with Gasteiger partial charge in [0.15, 0.2) is 9.84 Å². The number of ether oxygens (including phenoxy) is 1. The summed E-state index contributed by atoms with van der Waals surface area (Å²) in [6.07, 6.45) is 2.38. The number of carbonyl (C=O) groups is 1. The Kier molecular flexibility index (Phi) is 6.70. The van der Waals surface area contributed by atoms with Crippen molar-refractivity contribution in [2.75, 3.05) is 38.2 Å². The van der Waals surface area contributed by atoms with Crippen molar-refractivity contribution in [3.05, 3.63) is 35.4 Å². The fourth-order valence-electron chi connectivity index (χ4n) is 3.86. The van der Waals surface area contributed by atoms with Crippen molar-refractivity contribution in [1.29, 1.82) is 5.26 Å². The molecule has 1 amide bonds. The van der Waals surface area contributed by atoms with Gasteiger partial charge in [-0.15, -0.1) is 0 Å². The second-order valence-corrected chi connectivity index (χ2v) is 9.95. The van der Waals surface area contributed by atoms with Crippen molar-refractivity contribution in [1.82, 2.24) is 9.80 Å². The monoisotopic (exact) mass is 405 g/mol. The summed E-state index contributed by atoms with van der Waals surface area (Å²) in [5.74, 6) is 0.132. The number of hydrogen-bond donors (Lipinski definition) is 0. The van der Waals surface area contributed by atoms with Crippen molar-refractivity contribution in [2.24, 2.45) is 0 Å². The Morgan fingerprint density at radius 1 is 1.29 bits per heavy atom. The fraction of sp³-hybridized carbons (Fsp3) is 0.600. The molecule has 0 saturated carbocycles. The highest BCUT2D eigenvalue weighted by atomic mass is 32.2. The minimum absolute atomic E-state index is 0.00362. The molecule has 2 heterocycles. The molecule has 2 unspecified atom stereocenters. The van der Waals surface area contributed by atoms with Crippen molar-refractivity contribution >= 4 is 15.7 Å². The lowest BCUT2D eigenvalue weighted by Crippen LogP contribution is -2.48. The lowest BCUT2D eigenvalue weighted by Gasteiger charge is -2.32. The van der Waals surface area contributed by atoms with Crippen LogP contribution in [-0.4, -0.2) is 74.5 Å². The predicted molar refractivity (Wildman–Crippen MR) is 105 cm³/mol. The fourth-order valence-corrected chi connectivity index (χ4v) is 5.59. The van der Waals surface area contributed by atoms with E-state index >= 15 is 0 Å². The van der Waals surface area contributed by atoms with Gasteiger partial charge in [0.05, 0.1) is 35.8 Å². The third-order valence-corrected chi connectivity index (χ3v) is 7.08. The van der Waals surface area contributed by atoms with Crippen LogP contribution in [0.15, 0.2) is 24.3 Å². The van der Waals surface area contributed by atoms with E-state index in [-0.39, 0.29) is 36.1 Å². The normalized spacial score (nSPS) is 23.6. The van der Waals surface area contributed by atoms with E-state index in [0.717, 1.165) is 18.4 Å². The number of amides is 1. The van der Waals surface area contributed by atoms with Gasteiger partial charge in [-0.2, -0.15) is 5.26 Å². The minimum Gasteiger partial charge on any atom is -0.376 e. The van der Waals surface area contributed by atoms with E-state index in [0.29, 0.717) is 31.7 Å². The van der Waals surface area contributed by atoms with E-state index in [1.807, 2.05) is 24.1 Å². The average molecular weight is 406 g/mol. The molecule has 0 spiro atoms. The molecule has 0 aliphatic carbocycles. The molecule has 7 nitrogen and oxygen atoms in total. The van der Waals surface area contributed by atoms with Crippen LogP contribution in [-0.2, 0) is 25.9 Å².